The highest BCUT2D eigenvalue weighted by atomic mass is 127. The van der Waals surface area contributed by atoms with Gasteiger partial charge >= 0.3 is 0 Å². The van der Waals surface area contributed by atoms with Gasteiger partial charge in [0.1, 0.15) is 15.1 Å². The first-order valence-electron chi connectivity index (χ1n) is 8.13. The average Bonchev–Trinajstić information content (AvgIpc) is 2.76. The van der Waals surface area contributed by atoms with Crippen molar-refractivity contribution in [3.63, 3.8) is 0 Å². The van der Waals surface area contributed by atoms with E-state index in [0.29, 0.717) is 11.1 Å². The SMILES string of the molecule is CO.O=C1C(=O)c2ccccc2C(O)=C1I.O=C1C=C(O)c2ccccc2C1=O. The molecule has 148 valence electrons. The Hall–Kier alpha value is -3.11. The summed E-state index contributed by atoms with van der Waals surface area (Å²) >= 11 is 1.68. The lowest BCUT2D eigenvalue weighted by molar-refractivity contribution is -0.111. The lowest BCUT2D eigenvalue weighted by atomic mass is 9.94. The molecule has 0 aliphatic heterocycles. The molecule has 2 aliphatic carbocycles. The van der Waals surface area contributed by atoms with E-state index in [-0.39, 0.29) is 26.2 Å². The maximum absolute atomic E-state index is 11.5. The first-order valence-corrected chi connectivity index (χ1v) is 9.21. The molecule has 2 aromatic carbocycles. The van der Waals surface area contributed by atoms with Gasteiger partial charge < -0.3 is 15.3 Å². The molecule has 0 heterocycles. The molecule has 0 atom stereocenters. The summed E-state index contributed by atoms with van der Waals surface area (Å²) in [7, 11) is 1.00. The van der Waals surface area contributed by atoms with E-state index in [0.717, 1.165) is 13.2 Å². The third-order valence-corrected chi connectivity index (χ3v) is 4.98. The Morgan fingerprint density at radius 2 is 1.10 bits per heavy atom. The van der Waals surface area contributed by atoms with E-state index < -0.39 is 23.1 Å². The zero-order valence-electron chi connectivity index (χ0n) is 15.0. The Morgan fingerprint density at radius 1 is 0.655 bits per heavy atom. The van der Waals surface area contributed by atoms with Gasteiger partial charge in [0.25, 0.3) is 0 Å². The quantitative estimate of drug-likeness (QED) is 0.370. The van der Waals surface area contributed by atoms with Crippen LogP contribution in [0.25, 0.3) is 11.5 Å². The van der Waals surface area contributed by atoms with Crippen molar-refractivity contribution >= 4 is 57.2 Å². The number of ketones is 4. The largest absolute Gasteiger partial charge is 0.507 e. The van der Waals surface area contributed by atoms with Gasteiger partial charge in [-0.05, 0) is 22.6 Å². The summed E-state index contributed by atoms with van der Waals surface area (Å²) in [5.41, 5.74) is 1.40. The van der Waals surface area contributed by atoms with Crippen molar-refractivity contribution in [2.24, 2.45) is 0 Å². The van der Waals surface area contributed by atoms with Crippen LogP contribution in [-0.4, -0.2) is 45.6 Å². The number of Topliss-reactive ketones (excluding diaryl/α,β-unsaturated/α-hetero) is 3. The molecular weight excluding hydrogens is 491 g/mol. The molecule has 0 bridgehead atoms. The van der Waals surface area contributed by atoms with Crippen molar-refractivity contribution in [2.75, 3.05) is 7.11 Å². The van der Waals surface area contributed by atoms with Gasteiger partial charge in [-0.1, -0.05) is 48.5 Å². The van der Waals surface area contributed by atoms with E-state index in [4.69, 9.17) is 5.11 Å². The molecule has 0 unspecified atom stereocenters. The second-order valence-electron chi connectivity index (χ2n) is 5.63. The number of carbonyl (C=O) groups excluding carboxylic acids is 4. The van der Waals surface area contributed by atoms with Gasteiger partial charge in [0.15, 0.2) is 0 Å². The number of carbonyl (C=O) groups is 4. The number of aliphatic hydroxyl groups excluding tert-OH is 3. The fraction of sp³-hybridized carbons (Fsp3) is 0.0476. The molecule has 0 saturated heterocycles. The minimum atomic E-state index is -0.670. The minimum Gasteiger partial charge on any atom is -0.507 e. The molecule has 0 spiro atoms. The maximum atomic E-state index is 11.5. The number of hydrogen-bond acceptors (Lipinski definition) is 7. The van der Waals surface area contributed by atoms with Gasteiger partial charge in [0, 0.05) is 35.4 Å². The molecule has 3 N–H and O–H groups in total. The van der Waals surface area contributed by atoms with Crippen LogP contribution in [0.1, 0.15) is 31.8 Å². The molecule has 0 fully saturated rings. The van der Waals surface area contributed by atoms with Crippen LogP contribution in [-0.2, 0) is 9.59 Å². The summed E-state index contributed by atoms with van der Waals surface area (Å²) in [6.45, 7) is 0. The number of allylic oxidation sites excluding steroid dienone is 2. The van der Waals surface area contributed by atoms with Crippen molar-refractivity contribution < 1.29 is 34.5 Å². The Kier molecular flexibility index (Phi) is 7.18. The number of aliphatic hydroxyl groups is 3. The smallest absolute Gasteiger partial charge is 0.243 e. The molecule has 0 saturated carbocycles. The summed E-state index contributed by atoms with van der Waals surface area (Å²) in [5.74, 6) is -2.67. The predicted octanol–water partition coefficient (Wildman–Crippen LogP) is 3.07. The molecule has 0 radical (unpaired) electrons. The van der Waals surface area contributed by atoms with Crippen molar-refractivity contribution in [1.29, 1.82) is 0 Å². The van der Waals surface area contributed by atoms with Crippen molar-refractivity contribution in [3.05, 3.63) is 80.4 Å². The monoisotopic (exact) mass is 506 g/mol. The summed E-state index contributed by atoms with van der Waals surface area (Å²) in [4.78, 5) is 45.0. The van der Waals surface area contributed by atoms with Gasteiger partial charge in [-0.15, -0.1) is 0 Å². The van der Waals surface area contributed by atoms with E-state index in [2.05, 4.69) is 0 Å². The van der Waals surface area contributed by atoms with Crippen molar-refractivity contribution in [3.8, 4) is 0 Å². The van der Waals surface area contributed by atoms with Crippen LogP contribution in [0.4, 0.5) is 0 Å². The molecule has 0 aromatic heterocycles. The van der Waals surface area contributed by atoms with E-state index in [1.807, 2.05) is 0 Å². The van der Waals surface area contributed by atoms with Crippen LogP contribution in [0.2, 0.25) is 0 Å². The highest BCUT2D eigenvalue weighted by Gasteiger charge is 2.30. The Balaban J connectivity index is 0.000000191. The number of halogens is 1. The number of hydrogen-bond donors (Lipinski definition) is 3. The highest BCUT2D eigenvalue weighted by molar-refractivity contribution is 14.1. The minimum absolute atomic E-state index is 0.0892. The molecule has 8 heteroatoms. The van der Waals surface area contributed by atoms with Crippen LogP contribution in [0, 0.1) is 0 Å². The van der Waals surface area contributed by atoms with Crippen molar-refractivity contribution in [2.45, 2.75) is 0 Å². The number of rotatable bonds is 0. The normalized spacial score (nSPS) is 14.7. The van der Waals surface area contributed by atoms with E-state index in [1.165, 1.54) is 12.1 Å². The Morgan fingerprint density at radius 3 is 1.66 bits per heavy atom. The number of fused-ring (bicyclic) bond motifs is 2. The molecule has 0 amide bonds. The fourth-order valence-corrected chi connectivity index (χ4v) is 3.18. The van der Waals surface area contributed by atoms with Crippen LogP contribution in [0.15, 0.2) is 58.2 Å². The topological polar surface area (TPSA) is 129 Å². The lowest BCUT2D eigenvalue weighted by Gasteiger charge is -2.13. The fourth-order valence-electron chi connectivity index (χ4n) is 2.64. The third-order valence-electron chi connectivity index (χ3n) is 3.98. The summed E-state index contributed by atoms with van der Waals surface area (Å²) in [6, 6.07) is 13.0. The predicted molar refractivity (Wildman–Crippen MR) is 114 cm³/mol. The van der Waals surface area contributed by atoms with E-state index >= 15 is 0 Å². The van der Waals surface area contributed by atoms with Crippen LogP contribution < -0.4 is 0 Å². The van der Waals surface area contributed by atoms with Gasteiger partial charge in [-0.2, -0.15) is 0 Å². The van der Waals surface area contributed by atoms with Gasteiger partial charge in [0.05, 0.1) is 0 Å². The van der Waals surface area contributed by atoms with E-state index in [9.17, 15) is 29.4 Å². The maximum Gasteiger partial charge on any atom is 0.243 e. The highest BCUT2D eigenvalue weighted by Crippen LogP contribution is 2.30. The zero-order chi connectivity index (χ0) is 21.7. The first-order chi connectivity index (χ1) is 13.8. The molecule has 2 aromatic rings. The molecule has 2 aliphatic rings. The average molecular weight is 506 g/mol. The molecule has 7 nitrogen and oxygen atoms in total. The van der Waals surface area contributed by atoms with Gasteiger partial charge in [-0.3, -0.25) is 19.2 Å². The van der Waals surface area contributed by atoms with Crippen molar-refractivity contribution in [1.82, 2.24) is 0 Å². The molecule has 29 heavy (non-hydrogen) atoms. The van der Waals surface area contributed by atoms with E-state index in [1.54, 1.807) is 59.0 Å². The summed E-state index contributed by atoms with van der Waals surface area (Å²) in [5, 5.41) is 26.0. The standard InChI is InChI=1S/C10H5IO3.C10H6O3.CH4O/c11-7-8(12)5-3-1-2-4-6(5)9(13)10(7)14;11-8-5-9(12)10(13)7-4-2-1-3-6(7)8;1-2/h1-4,12H;1-5,11H;2H,1H3. The zero-order valence-corrected chi connectivity index (χ0v) is 17.2. The molecular formula is C21H15IO7. The summed E-state index contributed by atoms with van der Waals surface area (Å²) in [6.07, 6.45) is 0.949. The van der Waals surface area contributed by atoms with Crippen LogP contribution in [0.3, 0.4) is 0 Å². The second kappa shape index (κ2) is 9.39. The van der Waals surface area contributed by atoms with Crippen LogP contribution in [0.5, 0.6) is 0 Å². The van der Waals surface area contributed by atoms with Gasteiger partial charge in [-0.25, -0.2) is 0 Å². The number of benzene rings is 2. The Bertz CT molecular complexity index is 1080. The third kappa shape index (κ3) is 4.33. The summed E-state index contributed by atoms with van der Waals surface area (Å²) < 4.78 is 0.0892. The lowest BCUT2D eigenvalue weighted by Crippen LogP contribution is -2.21. The van der Waals surface area contributed by atoms with Gasteiger partial charge in [0.2, 0.25) is 23.1 Å². The Labute approximate surface area is 179 Å². The second-order valence-corrected chi connectivity index (χ2v) is 6.71. The molecule has 4 rings (SSSR count). The van der Waals surface area contributed by atoms with Crippen LogP contribution >= 0.6 is 22.6 Å². The first kappa shape index (κ1) is 22.2.